The first-order chi connectivity index (χ1) is 12.3. The van der Waals surface area contributed by atoms with Crippen LogP contribution in [0.15, 0.2) is 36.8 Å². The van der Waals surface area contributed by atoms with E-state index in [0.717, 1.165) is 42.4 Å². The van der Waals surface area contributed by atoms with Crippen molar-refractivity contribution in [3.8, 4) is 0 Å². The molecule has 0 amide bonds. The van der Waals surface area contributed by atoms with Gasteiger partial charge in [-0.15, -0.1) is 0 Å². The highest BCUT2D eigenvalue weighted by Gasteiger charge is 2.39. The van der Waals surface area contributed by atoms with Gasteiger partial charge in [0.05, 0.1) is 11.9 Å². The smallest absolute Gasteiger partial charge is 0.144 e. The summed E-state index contributed by atoms with van der Waals surface area (Å²) in [6.45, 7) is 6.49. The average Bonchev–Trinajstić information content (AvgIpc) is 3.04. The molecule has 5 nitrogen and oxygen atoms in total. The first kappa shape index (κ1) is 16.5. The number of pyridine rings is 1. The van der Waals surface area contributed by atoms with Crippen LogP contribution in [-0.4, -0.2) is 39.5 Å². The van der Waals surface area contributed by atoms with Crippen LogP contribution >= 0.6 is 0 Å². The molecule has 1 saturated carbocycles. The Morgan fingerprint density at radius 1 is 1.20 bits per heavy atom. The van der Waals surface area contributed by atoms with E-state index >= 15 is 0 Å². The first-order valence-corrected chi connectivity index (χ1v) is 9.43. The van der Waals surface area contributed by atoms with Crippen LogP contribution in [0.2, 0.25) is 0 Å². The molecule has 132 valence electrons. The highest BCUT2D eigenvalue weighted by Crippen LogP contribution is 2.40. The van der Waals surface area contributed by atoms with E-state index in [2.05, 4.69) is 50.3 Å². The summed E-state index contributed by atoms with van der Waals surface area (Å²) in [5.74, 6) is 3.26. The molecular formula is C20H27N5. The molecule has 0 spiro atoms. The number of hydrogen-bond donors (Lipinski definition) is 1. The van der Waals surface area contributed by atoms with Crippen molar-refractivity contribution in [2.75, 3.05) is 25.0 Å². The molecule has 1 N–H and O–H groups in total. The fourth-order valence-corrected chi connectivity index (χ4v) is 4.61. The Morgan fingerprint density at radius 3 is 3.00 bits per heavy atom. The number of likely N-dealkylation sites (tertiary alicyclic amines) is 1. The minimum atomic E-state index is 0.733. The second-order valence-electron chi connectivity index (χ2n) is 7.55. The average molecular weight is 337 g/mol. The Kier molecular flexibility index (Phi) is 4.92. The molecule has 4 rings (SSSR count). The normalized spacial score (nSPS) is 26.4. The van der Waals surface area contributed by atoms with Crippen molar-refractivity contribution >= 4 is 5.82 Å². The van der Waals surface area contributed by atoms with Gasteiger partial charge in [-0.05, 0) is 49.7 Å². The van der Waals surface area contributed by atoms with Crippen molar-refractivity contribution in [1.82, 2.24) is 19.9 Å². The summed E-state index contributed by atoms with van der Waals surface area (Å²) in [5, 5.41) is 3.49. The molecule has 0 unspecified atom stereocenters. The predicted molar refractivity (Wildman–Crippen MR) is 99.1 cm³/mol. The largest absolute Gasteiger partial charge is 0.369 e. The predicted octanol–water partition coefficient (Wildman–Crippen LogP) is 3.14. The van der Waals surface area contributed by atoms with Gasteiger partial charge in [0, 0.05) is 44.3 Å². The zero-order valence-electron chi connectivity index (χ0n) is 14.9. The molecule has 1 aliphatic heterocycles. The number of nitrogens with one attached hydrogen (secondary N) is 1. The maximum absolute atomic E-state index is 4.68. The van der Waals surface area contributed by atoms with Gasteiger partial charge in [0.15, 0.2) is 0 Å². The van der Waals surface area contributed by atoms with Crippen LogP contribution in [0.5, 0.6) is 0 Å². The fourth-order valence-electron chi connectivity index (χ4n) is 4.61. The highest BCUT2D eigenvalue weighted by atomic mass is 15.2. The van der Waals surface area contributed by atoms with Gasteiger partial charge in [0.2, 0.25) is 0 Å². The van der Waals surface area contributed by atoms with Gasteiger partial charge >= 0.3 is 0 Å². The van der Waals surface area contributed by atoms with Gasteiger partial charge in [-0.2, -0.15) is 0 Å². The third kappa shape index (κ3) is 3.98. The summed E-state index contributed by atoms with van der Waals surface area (Å²) in [6, 6.07) is 6.35. The van der Waals surface area contributed by atoms with Gasteiger partial charge in [0.25, 0.3) is 0 Å². The Morgan fingerprint density at radius 2 is 2.16 bits per heavy atom. The third-order valence-corrected chi connectivity index (χ3v) is 5.76. The minimum absolute atomic E-state index is 0.733. The van der Waals surface area contributed by atoms with Crippen molar-refractivity contribution in [3.63, 3.8) is 0 Å². The van der Waals surface area contributed by atoms with E-state index in [-0.39, 0.29) is 0 Å². The quantitative estimate of drug-likeness (QED) is 0.908. The maximum Gasteiger partial charge on any atom is 0.144 e. The molecule has 25 heavy (non-hydrogen) atoms. The van der Waals surface area contributed by atoms with Gasteiger partial charge in [-0.1, -0.05) is 12.5 Å². The first-order valence-electron chi connectivity index (χ1n) is 9.43. The van der Waals surface area contributed by atoms with E-state index in [1.54, 1.807) is 12.4 Å². The van der Waals surface area contributed by atoms with E-state index in [1.807, 2.05) is 6.20 Å². The van der Waals surface area contributed by atoms with E-state index in [4.69, 9.17) is 0 Å². The molecule has 2 fully saturated rings. The minimum Gasteiger partial charge on any atom is -0.369 e. The van der Waals surface area contributed by atoms with Gasteiger partial charge in [0.1, 0.15) is 5.82 Å². The van der Waals surface area contributed by atoms with Gasteiger partial charge in [-0.25, -0.2) is 4.98 Å². The summed E-state index contributed by atoms with van der Waals surface area (Å²) in [7, 11) is 0. The van der Waals surface area contributed by atoms with E-state index < -0.39 is 0 Å². The van der Waals surface area contributed by atoms with Crippen LogP contribution in [0.3, 0.4) is 0 Å². The molecule has 0 aromatic carbocycles. The number of aryl methyl sites for hydroxylation is 1. The Balaban J connectivity index is 1.36. The highest BCUT2D eigenvalue weighted by molar-refractivity contribution is 5.29. The van der Waals surface area contributed by atoms with Crippen molar-refractivity contribution in [3.05, 3.63) is 48.2 Å². The summed E-state index contributed by atoms with van der Waals surface area (Å²) in [6.07, 6.45) is 9.33. The lowest BCUT2D eigenvalue weighted by molar-refractivity contribution is 0.207. The van der Waals surface area contributed by atoms with Crippen LogP contribution in [0.1, 0.15) is 30.7 Å². The Labute approximate surface area is 149 Å². The number of hydrogen-bond acceptors (Lipinski definition) is 5. The molecule has 1 saturated heterocycles. The summed E-state index contributed by atoms with van der Waals surface area (Å²) < 4.78 is 0. The van der Waals surface area contributed by atoms with E-state index in [0.29, 0.717) is 0 Å². The SMILES string of the molecule is Cc1cccc(CN2C[C@@H]3CCC[C@H](CNc4cnccn4)[C@@H]3C2)n1. The second kappa shape index (κ2) is 7.48. The second-order valence-corrected chi connectivity index (χ2v) is 7.55. The number of anilines is 1. The molecule has 2 aromatic rings. The molecule has 2 aliphatic rings. The summed E-state index contributed by atoms with van der Waals surface area (Å²) in [5.41, 5.74) is 2.31. The standard InChI is InChI=1S/C20H27N5/c1-15-4-2-7-18(24-15)13-25-12-17-6-3-5-16(19(17)14-25)10-23-20-11-21-8-9-22-20/h2,4,7-9,11,16-17,19H,3,5-6,10,12-14H2,1H3,(H,22,23)/t16-,17+,19+/m1/s1. The van der Waals surface area contributed by atoms with Crippen LogP contribution in [0, 0.1) is 24.7 Å². The van der Waals surface area contributed by atoms with Crippen molar-refractivity contribution in [2.24, 2.45) is 17.8 Å². The lowest BCUT2D eigenvalue weighted by Gasteiger charge is -2.33. The summed E-state index contributed by atoms with van der Waals surface area (Å²) >= 11 is 0. The van der Waals surface area contributed by atoms with Crippen LogP contribution < -0.4 is 5.32 Å². The van der Waals surface area contributed by atoms with Crippen LogP contribution in [-0.2, 0) is 6.54 Å². The maximum atomic E-state index is 4.68. The van der Waals surface area contributed by atoms with Gasteiger partial charge < -0.3 is 5.32 Å². The lowest BCUT2D eigenvalue weighted by atomic mass is 9.74. The molecule has 0 bridgehead atoms. The third-order valence-electron chi connectivity index (χ3n) is 5.76. The zero-order chi connectivity index (χ0) is 17.1. The van der Waals surface area contributed by atoms with Crippen LogP contribution in [0.25, 0.3) is 0 Å². The number of nitrogens with zero attached hydrogens (tertiary/aromatic N) is 4. The van der Waals surface area contributed by atoms with Gasteiger partial charge in [-0.3, -0.25) is 14.9 Å². The van der Waals surface area contributed by atoms with Crippen molar-refractivity contribution in [2.45, 2.75) is 32.7 Å². The molecule has 3 atom stereocenters. The fraction of sp³-hybridized carbons (Fsp3) is 0.550. The molecular weight excluding hydrogens is 310 g/mol. The summed E-state index contributed by atoms with van der Waals surface area (Å²) in [4.78, 5) is 15.8. The van der Waals surface area contributed by atoms with Crippen molar-refractivity contribution < 1.29 is 0 Å². The number of aromatic nitrogens is 3. The molecule has 2 aromatic heterocycles. The molecule has 0 radical (unpaired) electrons. The van der Waals surface area contributed by atoms with E-state index in [1.165, 1.54) is 38.0 Å². The number of fused-ring (bicyclic) bond motifs is 1. The Hall–Kier alpha value is -2.01. The topological polar surface area (TPSA) is 53.9 Å². The number of rotatable bonds is 5. The molecule has 1 aliphatic carbocycles. The Bertz CT molecular complexity index is 689. The van der Waals surface area contributed by atoms with Crippen molar-refractivity contribution in [1.29, 1.82) is 0 Å². The lowest BCUT2D eigenvalue weighted by Crippen LogP contribution is -2.32. The molecule has 3 heterocycles. The monoisotopic (exact) mass is 337 g/mol. The van der Waals surface area contributed by atoms with Crippen LogP contribution in [0.4, 0.5) is 5.82 Å². The zero-order valence-corrected chi connectivity index (χ0v) is 14.9. The van der Waals surface area contributed by atoms with E-state index in [9.17, 15) is 0 Å². The molecule has 5 heteroatoms.